The first kappa shape index (κ1) is 20.0. The zero-order valence-corrected chi connectivity index (χ0v) is 16.4. The average molecular weight is 372 g/mol. The SMILES string of the molecule is Cc1cc(C)c(S(=O)(=O)C(=[N+]=[N-])C(=O)CCC2(C)C=CCC=C2)c(C)c1. The number of carbonyl (C=O) groups is 1. The molecule has 0 spiro atoms. The van der Waals surface area contributed by atoms with Crippen LogP contribution in [0, 0.1) is 26.2 Å². The fourth-order valence-electron chi connectivity index (χ4n) is 3.41. The zero-order valence-electron chi connectivity index (χ0n) is 15.6. The summed E-state index contributed by atoms with van der Waals surface area (Å²) < 4.78 is 25.9. The predicted molar refractivity (Wildman–Crippen MR) is 102 cm³/mol. The van der Waals surface area contributed by atoms with Gasteiger partial charge in [-0.1, -0.05) is 48.9 Å². The van der Waals surface area contributed by atoms with Crippen molar-refractivity contribution in [1.29, 1.82) is 0 Å². The van der Waals surface area contributed by atoms with Gasteiger partial charge in [0.1, 0.15) is 0 Å². The van der Waals surface area contributed by atoms with Gasteiger partial charge in [0.05, 0.1) is 4.90 Å². The minimum absolute atomic E-state index is 0.0201. The number of sulfone groups is 1. The van der Waals surface area contributed by atoms with E-state index in [0.717, 1.165) is 12.0 Å². The van der Waals surface area contributed by atoms with Gasteiger partial charge in [0.2, 0.25) is 0 Å². The normalized spacial score (nSPS) is 15.5. The summed E-state index contributed by atoms with van der Waals surface area (Å²) in [7, 11) is -4.19. The molecular formula is C20H24N2O3S. The standard InChI is InChI=1S/C20H24N2O3S/c1-14-12-15(2)18(16(3)13-14)26(24,25)19(22-21)17(23)8-11-20(4)9-6-5-7-10-20/h6-7,9-10,12-13H,5,8,11H2,1-4H3. The van der Waals surface area contributed by atoms with Crippen molar-refractivity contribution in [2.24, 2.45) is 5.41 Å². The van der Waals surface area contributed by atoms with Crippen molar-refractivity contribution in [3.05, 3.63) is 58.7 Å². The van der Waals surface area contributed by atoms with Gasteiger partial charge in [-0.2, -0.15) is 0 Å². The number of hydrogen-bond acceptors (Lipinski definition) is 3. The molecule has 1 aliphatic carbocycles. The molecule has 0 fully saturated rings. The summed E-state index contributed by atoms with van der Waals surface area (Å²) in [5.74, 6) is -0.680. The number of benzene rings is 1. The Balaban J connectivity index is 2.31. The van der Waals surface area contributed by atoms with Crippen LogP contribution >= 0.6 is 0 Å². The lowest BCUT2D eigenvalue weighted by Gasteiger charge is -2.23. The maximum Gasteiger partial charge on any atom is 0.451 e. The molecule has 0 atom stereocenters. The van der Waals surface area contributed by atoms with Crippen molar-refractivity contribution < 1.29 is 18.0 Å². The summed E-state index contributed by atoms with van der Waals surface area (Å²) in [4.78, 5) is 15.5. The Labute approximate surface area is 155 Å². The number of rotatable bonds is 5. The van der Waals surface area contributed by atoms with Crippen molar-refractivity contribution in [1.82, 2.24) is 0 Å². The van der Waals surface area contributed by atoms with Crippen LogP contribution in [-0.2, 0) is 14.6 Å². The monoisotopic (exact) mass is 372 g/mol. The molecule has 138 valence electrons. The summed E-state index contributed by atoms with van der Waals surface area (Å²) in [6.07, 6.45) is 9.33. The molecule has 1 aromatic rings. The minimum Gasteiger partial charge on any atom is -0.360 e. The van der Waals surface area contributed by atoms with Crippen LogP contribution in [0.15, 0.2) is 41.3 Å². The molecule has 0 aromatic heterocycles. The largest absolute Gasteiger partial charge is 0.451 e. The van der Waals surface area contributed by atoms with E-state index in [1.807, 2.05) is 38.2 Å². The molecule has 0 N–H and O–H groups in total. The van der Waals surface area contributed by atoms with Crippen LogP contribution in [0.3, 0.4) is 0 Å². The number of carbonyl (C=O) groups excluding carboxylic acids is 1. The Morgan fingerprint density at radius 2 is 1.69 bits per heavy atom. The molecule has 0 amide bonds. The smallest absolute Gasteiger partial charge is 0.360 e. The highest BCUT2D eigenvalue weighted by Crippen LogP contribution is 2.31. The zero-order chi connectivity index (χ0) is 19.5. The third kappa shape index (κ3) is 4.09. The van der Waals surface area contributed by atoms with Crippen molar-refractivity contribution in [3.63, 3.8) is 0 Å². The Morgan fingerprint density at radius 1 is 1.15 bits per heavy atom. The fraction of sp³-hybridized carbons (Fsp3) is 0.400. The second-order valence-corrected chi connectivity index (χ2v) is 8.91. The molecule has 0 unspecified atom stereocenters. The minimum atomic E-state index is -4.19. The number of ketones is 1. The molecule has 0 heterocycles. The molecule has 0 bridgehead atoms. The van der Waals surface area contributed by atoms with E-state index in [0.29, 0.717) is 17.5 Å². The Kier molecular flexibility index (Phi) is 5.79. The highest BCUT2D eigenvalue weighted by atomic mass is 32.2. The van der Waals surface area contributed by atoms with E-state index in [-0.39, 0.29) is 16.7 Å². The highest BCUT2D eigenvalue weighted by molar-refractivity contribution is 8.08. The number of allylic oxidation sites excluding steroid dienone is 4. The van der Waals surface area contributed by atoms with E-state index < -0.39 is 20.7 Å². The molecule has 6 heteroatoms. The number of Topliss-reactive ketones (excluding diaryl/α,β-unsaturated/α-hetero) is 1. The summed E-state index contributed by atoms with van der Waals surface area (Å²) in [6.45, 7) is 7.19. The molecule has 5 nitrogen and oxygen atoms in total. The van der Waals surface area contributed by atoms with Crippen LogP contribution in [0.5, 0.6) is 0 Å². The maximum absolute atomic E-state index is 12.9. The van der Waals surface area contributed by atoms with Gasteiger partial charge in [-0.3, -0.25) is 4.79 Å². The Morgan fingerprint density at radius 3 is 2.19 bits per heavy atom. The molecule has 0 saturated heterocycles. The molecule has 0 radical (unpaired) electrons. The van der Waals surface area contributed by atoms with E-state index in [9.17, 15) is 18.7 Å². The van der Waals surface area contributed by atoms with Crippen LogP contribution in [0.1, 0.15) is 42.9 Å². The summed E-state index contributed by atoms with van der Waals surface area (Å²) in [5, 5.41) is -0.792. The van der Waals surface area contributed by atoms with Crippen LogP contribution in [-0.4, -0.2) is 24.0 Å². The number of nitrogens with zero attached hydrogens (tertiary/aromatic N) is 2. The van der Waals surface area contributed by atoms with Gasteiger partial charge >= 0.3 is 5.04 Å². The van der Waals surface area contributed by atoms with Crippen molar-refractivity contribution in [3.8, 4) is 0 Å². The van der Waals surface area contributed by atoms with E-state index in [1.54, 1.807) is 26.0 Å². The van der Waals surface area contributed by atoms with Gasteiger partial charge in [0.15, 0.2) is 0 Å². The van der Waals surface area contributed by atoms with Gasteiger partial charge < -0.3 is 5.53 Å². The van der Waals surface area contributed by atoms with Crippen molar-refractivity contribution in [2.75, 3.05) is 0 Å². The fourth-order valence-corrected chi connectivity index (χ4v) is 5.08. The first-order valence-electron chi connectivity index (χ1n) is 8.54. The molecular weight excluding hydrogens is 348 g/mol. The van der Waals surface area contributed by atoms with E-state index in [1.165, 1.54) is 0 Å². The average Bonchev–Trinajstić information content (AvgIpc) is 2.53. The van der Waals surface area contributed by atoms with Crippen molar-refractivity contribution >= 4 is 20.7 Å². The maximum atomic E-state index is 12.9. The number of hydrogen-bond donors (Lipinski definition) is 0. The Hall–Kier alpha value is -2.30. The summed E-state index contributed by atoms with van der Waals surface area (Å²) in [5.41, 5.74) is 11.0. The van der Waals surface area contributed by atoms with Gasteiger partial charge in [0.25, 0.3) is 15.6 Å². The summed E-state index contributed by atoms with van der Waals surface area (Å²) >= 11 is 0. The molecule has 2 rings (SSSR count). The topological polar surface area (TPSA) is 87.6 Å². The van der Waals surface area contributed by atoms with Crippen LogP contribution in [0.4, 0.5) is 0 Å². The van der Waals surface area contributed by atoms with Crippen molar-refractivity contribution in [2.45, 2.75) is 51.9 Å². The quantitative estimate of drug-likeness (QED) is 0.258. The van der Waals surface area contributed by atoms with Gasteiger partial charge in [0, 0.05) is 11.8 Å². The lowest BCUT2D eigenvalue weighted by molar-refractivity contribution is -0.116. The summed E-state index contributed by atoms with van der Waals surface area (Å²) in [6, 6.07) is 3.47. The van der Waals surface area contributed by atoms with Gasteiger partial charge in [-0.25, -0.2) is 8.42 Å². The van der Waals surface area contributed by atoms with Crippen LogP contribution < -0.4 is 0 Å². The molecule has 0 saturated carbocycles. The van der Waals surface area contributed by atoms with E-state index >= 15 is 0 Å². The predicted octanol–water partition coefficient (Wildman–Crippen LogP) is 3.89. The lowest BCUT2D eigenvalue weighted by atomic mass is 9.81. The molecule has 1 aliphatic rings. The number of aryl methyl sites for hydroxylation is 3. The van der Waals surface area contributed by atoms with Crippen LogP contribution in [0.2, 0.25) is 0 Å². The second-order valence-electron chi connectivity index (χ2n) is 7.11. The van der Waals surface area contributed by atoms with Crippen LogP contribution in [0.25, 0.3) is 5.53 Å². The molecule has 0 aliphatic heterocycles. The highest BCUT2D eigenvalue weighted by Gasteiger charge is 2.39. The molecule has 26 heavy (non-hydrogen) atoms. The lowest BCUT2D eigenvalue weighted by Crippen LogP contribution is -2.28. The third-order valence-electron chi connectivity index (χ3n) is 4.62. The molecule has 1 aromatic carbocycles. The van der Waals surface area contributed by atoms with Gasteiger partial charge in [-0.15, -0.1) is 4.79 Å². The second kappa shape index (κ2) is 7.52. The third-order valence-corrected chi connectivity index (χ3v) is 6.62. The van der Waals surface area contributed by atoms with E-state index in [4.69, 9.17) is 0 Å². The van der Waals surface area contributed by atoms with E-state index in [2.05, 4.69) is 4.79 Å². The van der Waals surface area contributed by atoms with Gasteiger partial charge in [-0.05, 0) is 44.7 Å². The Bertz CT molecular complexity index is 914. The first-order valence-corrected chi connectivity index (χ1v) is 10.0. The first-order chi connectivity index (χ1) is 12.1.